The average Bonchev–Trinajstić information content (AvgIpc) is 3.21. The van der Waals surface area contributed by atoms with E-state index >= 15 is 0 Å². The van der Waals surface area contributed by atoms with Crippen LogP contribution in [0.3, 0.4) is 0 Å². The molecule has 0 bridgehead atoms. The van der Waals surface area contributed by atoms with Crippen molar-refractivity contribution in [3.8, 4) is 16.3 Å². The van der Waals surface area contributed by atoms with Crippen LogP contribution in [-0.2, 0) is 0 Å². The van der Waals surface area contributed by atoms with E-state index in [2.05, 4.69) is 5.10 Å². The van der Waals surface area contributed by atoms with E-state index in [-0.39, 0.29) is 5.56 Å². The van der Waals surface area contributed by atoms with Crippen LogP contribution in [0.1, 0.15) is 10.4 Å². The summed E-state index contributed by atoms with van der Waals surface area (Å²) in [6.07, 6.45) is -3.02. The molecule has 1 N–H and O–H groups in total. The van der Waals surface area contributed by atoms with Crippen molar-refractivity contribution in [2.75, 3.05) is 6.54 Å². The standard InChI is InChI=1S/C16H12F3N3OS/c17-16(18,19)10-20-15(23)12-9-22(11-5-2-1-3-6-11)21-14(12)13-7-4-8-24-13/h1-9H,10H2,(H,20,23). The van der Waals surface area contributed by atoms with Gasteiger partial charge in [-0.2, -0.15) is 18.3 Å². The first kappa shape index (κ1) is 16.3. The van der Waals surface area contributed by atoms with Crippen LogP contribution in [-0.4, -0.2) is 28.4 Å². The number of hydrogen-bond donors (Lipinski definition) is 1. The molecule has 4 nitrogen and oxygen atoms in total. The number of carbonyl (C=O) groups is 1. The number of nitrogens with zero attached hydrogens (tertiary/aromatic N) is 2. The van der Waals surface area contributed by atoms with Gasteiger partial charge in [0.05, 0.1) is 16.1 Å². The number of nitrogens with one attached hydrogen (secondary N) is 1. The summed E-state index contributed by atoms with van der Waals surface area (Å²) >= 11 is 1.36. The number of carbonyl (C=O) groups excluding carboxylic acids is 1. The third-order valence-electron chi connectivity index (χ3n) is 3.18. The fraction of sp³-hybridized carbons (Fsp3) is 0.125. The van der Waals surface area contributed by atoms with Crippen LogP contribution >= 0.6 is 11.3 Å². The molecule has 0 aliphatic carbocycles. The number of hydrogen-bond acceptors (Lipinski definition) is 3. The summed E-state index contributed by atoms with van der Waals surface area (Å²) in [5.41, 5.74) is 1.17. The van der Waals surface area contributed by atoms with Gasteiger partial charge in [0.25, 0.3) is 5.91 Å². The second-order valence-electron chi connectivity index (χ2n) is 4.95. The van der Waals surface area contributed by atoms with Gasteiger partial charge in [-0.05, 0) is 23.6 Å². The smallest absolute Gasteiger partial charge is 0.343 e. The van der Waals surface area contributed by atoms with Crippen LogP contribution in [0.2, 0.25) is 0 Å². The van der Waals surface area contributed by atoms with E-state index in [1.807, 2.05) is 28.9 Å². The molecule has 0 aliphatic heterocycles. The van der Waals surface area contributed by atoms with E-state index in [9.17, 15) is 18.0 Å². The van der Waals surface area contributed by atoms with E-state index < -0.39 is 18.6 Å². The molecule has 24 heavy (non-hydrogen) atoms. The van der Waals surface area contributed by atoms with Gasteiger partial charge in [0.2, 0.25) is 0 Å². The van der Waals surface area contributed by atoms with Crippen molar-refractivity contribution in [3.63, 3.8) is 0 Å². The summed E-state index contributed by atoms with van der Waals surface area (Å²) in [5, 5.41) is 8.08. The molecule has 1 aromatic carbocycles. The minimum Gasteiger partial charge on any atom is -0.343 e. The molecule has 0 unspecified atom stereocenters. The van der Waals surface area contributed by atoms with Crippen LogP contribution in [0.25, 0.3) is 16.3 Å². The number of thiophene rings is 1. The van der Waals surface area contributed by atoms with Gasteiger partial charge in [0.1, 0.15) is 12.2 Å². The maximum Gasteiger partial charge on any atom is 0.405 e. The monoisotopic (exact) mass is 351 g/mol. The van der Waals surface area contributed by atoms with Crippen molar-refractivity contribution in [1.29, 1.82) is 0 Å². The average molecular weight is 351 g/mol. The summed E-state index contributed by atoms with van der Waals surface area (Å²) in [4.78, 5) is 12.9. The Bertz CT molecular complexity index is 826. The number of benzene rings is 1. The minimum absolute atomic E-state index is 0.102. The maximum atomic E-state index is 12.3. The molecular formula is C16H12F3N3OS. The lowest BCUT2D eigenvalue weighted by Crippen LogP contribution is -2.33. The predicted octanol–water partition coefficient (Wildman–Crippen LogP) is 3.89. The summed E-state index contributed by atoms with van der Waals surface area (Å²) < 4.78 is 38.5. The second-order valence-corrected chi connectivity index (χ2v) is 5.89. The molecule has 0 aliphatic rings. The van der Waals surface area contributed by atoms with Crippen LogP contribution in [0.5, 0.6) is 0 Å². The molecule has 3 rings (SSSR count). The van der Waals surface area contributed by atoms with Crippen molar-refractivity contribution < 1.29 is 18.0 Å². The van der Waals surface area contributed by atoms with Crippen molar-refractivity contribution in [3.05, 3.63) is 59.6 Å². The summed E-state index contributed by atoms with van der Waals surface area (Å²) in [7, 11) is 0. The molecule has 0 radical (unpaired) electrons. The number of amides is 1. The number of halogens is 3. The third kappa shape index (κ3) is 3.65. The lowest BCUT2D eigenvalue weighted by Gasteiger charge is -2.07. The second kappa shape index (κ2) is 6.48. The van der Waals surface area contributed by atoms with Crippen LogP contribution in [0.15, 0.2) is 54.0 Å². The Morgan fingerprint density at radius 2 is 1.92 bits per heavy atom. The first-order valence-electron chi connectivity index (χ1n) is 6.98. The van der Waals surface area contributed by atoms with Crippen LogP contribution < -0.4 is 5.32 Å². The van der Waals surface area contributed by atoms with Crippen LogP contribution in [0.4, 0.5) is 13.2 Å². The van der Waals surface area contributed by atoms with Crippen molar-refractivity contribution >= 4 is 17.2 Å². The van der Waals surface area contributed by atoms with Gasteiger partial charge in [-0.3, -0.25) is 4.79 Å². The van der Waals surface area contributed by atoms with Crippen molar-refractivity contribution in [2.24, 2.45) is 0 Å². The van der Waals surface area contributed by atoms with Gasteiger partial charge in [-0.25, -0.2) is 4.68 Å². The SMILES string of the molecule is O=C(NCC(F)(F)F)c1cn(-c2ccccc2)nc1-c1cccs1. The van der Waals surface area contributed by atoms with Gasteiger partial charge in [0, 0.05) is 6.20 Å². The lowest BCUT2D eigenvalue weighted by molar-refractivity contribution is -0.123. The molecule has 8 heteroatoms. The molecule has 124 valence electrons. The van der Waals surface area contributed by atoms with Crippen molar-refractivity contribution in [1.82, 2.24) is 15.1 Å². The maximum absolute atomic E-state index is 12.3. The van der Waals surface area contributed by atoms with Gasteiger partial charge in [-0.1, -0.05) is 24.3 Å². The molecule has 1 amide bonds. The molecule has 0 atom stereocenters. The lowest BCUT2D eigenvalue weighted by atomic mass is 10.2. The quantitative estimate of drug-likeness (QED) is 0.775. The van der Waals surface area contributed by atoms with Crippen molar-refractivity contribution in [2.45, 2.75) is 6.18 Å². The molecule has 0 fully saturated rings. The number of aromatic nitrogens is 2. The Labute approximate surface area is 139 Å². The Hall–Kier alpha value is -2.61. The number of para-hydroxylation sites is 1. The molecule has 2 aromatic heterocycles. The highest BCUT2D eigenvalue weighted by molar-refractivity contribution is 7.13. The zero-order chi connectivity index (χ0) is 17.2. The fourth-order valence-corrected chi connectivity index (χ4v) is 2.85. The number of rotatable bonds is 4. The minimum atomic E-state index is -4.46. The Morgan fingerprint density at radius 1 is 1.17 bits per heavy atom. The third-order valence-corrected chi connectivity index (χ3v) is 4.06. The largest absolute Gasteiger partial charge is 0.405 e. The fourth-order valence-electron chi connectivity index (χ4n) is 2.12. The van der Waals surface area contributed by atoms with Gasteiger partial charge in [0.15, 0.2) is 0 Å². The topological polar surface area (TPSA) is 46.9 Å². The van der Waals surface area contributed by atoms with E-state index in [0.29, 0.717) is 16.3 Å². The highest BCUT2D eigenvalue weighted by Crippen LogP contribution is 2.28. The molecular weight excluding hydrogens is 339 g/mol. The van der Waals surface area contributed by atoms with E-state index in [1.54, 1.807) is 24.3 Å². The van der Waals surface area contributed by atoms with E-state index in [1.165, 1.54) is 22.2 Å². The zero-order valence-corrected chi connectivity index (χ0v) is 13.1. The molecule has 0 saturated carbocycles. The zero-order valence-electron chi connectivity index (χ0n) is 12.2. The van der Waals surface area contributed by atoms with E-state index in [0.717, 1.165) is 0 Å². The van der Waals surface area contributed by atoms with E-state index in [4.69, 9.17) is 0 Å². The van der Waals surface area contributed by atoms with Crippen LogP contribution in [0, 0.1) is 0 Å². The summed E-state index contributed by atoms with van der Waals surface area (Å²) in [6, 6.07) is 12.6. The Balaban J connectivity index is 1.97. The Morgan fingerprint density at radius 3 is 2.54 bits per heavy atom. The van der Waals surface area contributed by atoms with Gasteiger partial charge in [-0.15, -0.1) is 11.3 Å². The first-order valence-corrected chi connectivity index (χ1v) is 7.86. The summed E-state index contributed by atoms with van der Waals surface area (Å²) in [6.45, 7) is -1.38. The van der Waals surface area contributed by atoms with Gasteiger partial charge < -0.3 is 5.32 Å². The van der Waals surface area contributed by atoms with Gasteiger partial charge >= 0.3 is 6.18 Å². The molecule has 0 spiro atoms. The first-order chi connectivity index (χ1) is 11.4. The number of alkyl halides is 3. The Kier molecular flexibility index (Phi) is 4.39. The molecule has 2 heterocycles. The molecule has 3 aromatic rings. The summed E-state index contributed by atoms with van der Waals surface area (Å²) in [5.74, 6) is -0.807. The molecule has 0 saturated heterocycles. The highest BCUT2D eigenvalue weighted by atomic mass is 32.1. The normalized spacial score (nSPS) is 11.5. The predicted molar refractivity (Wildman–Crippen MR) is 85.3 cm³/mol. The highest BCUT2D eigenvalue weighted by Gasteiger charge is 2.29.